The maximum atomic E-state index is 13.3. The second kappa shape index (κ2) is 7.67. The zero-order valence-corrected chi connectivity index (χ0v) is 18.0. The van der Waals surface area contributed by atoms with Crippen LogP contribution in [0.15, 0.2) is 12.1 Å². The van der Waals surface area contributed by atoms with Gasteiger partial charge < -0.3 is 15.0 Å². The molecule has 6 nitrogen and oxygen atoms in total. The molecule has 2 aliphatic carbocycles. The van der Waals surface area contributed by atoms with Crippen molar-refractivity contribution in [2.75, 3.05) is 6.54 Å². The largest absolute Gasteiger partial charge is 0.444 e. The highest BCUT2D eigenvalue weighted by atomic mass is 19.4. The maximum absolute atomic E-state index is 13.3. The van der Waals surface area contributed by atoms with Crippen molar-refractivity contribution in [1.82, 2.24) is 15.2 Å². The van der Waals surface area contributed by atoms with E-state index in [9.17, 15) is 22.8 Å². The molecule has 3 fully saturated rings. The molecule has 170 valence electrons. The Balaban J connectivity index is 1.45. The van der Waals surface area contributed by atoms with Gasteiger partial charge in [-0.05, 0) is 70.9 Å². The molecule has 0 spiro atoms. The normalized spacial score (nSPS) is 26.0. The van der Waals surface area contributed by atoms with Crippen LogP contribution in [-0.4, -0.2) is 46.1 Å². The zero-order chi connectivity index (χ0) is 22.6. The molecule has 31 heavy (non-hydrogen) atoms. The third kappa shape index (κ3) is 4.96. The predicted octanol–water partition coefficient (Wildman–Crippen LogP) is 4.50. The molecule has 1 saturated heterocycles. The van der Waals surface area contributed by atoms with Crippen LogP contribution in [0.5, 0.6) is 0 Å². The first kappa shape index (κ1) is 21.9. The Kier molecular flexibility index (Phi) is 5.42. The van der Waals surface area contributed by atoms with Gasteiger partial charge in [0.25, 0.3) is 5.91 Å². The van der Waals surface area contributed by atoms with Crippen molar-refractivity contribution in [3.8, 4) is 0 Å². The number of nitrogens with zero attached hydrogens (tertiary/aromatic N) is 2. The number of carbonyl (C=O) groups excluding carboxylic acids is 2. The smallest absolute Gasteiger partial charge is 0.433 e. The van der Waals surface area contributed by atoms with E-state index in [0.717, 1.165) is 31.7 Å². The Bertz CT molecular complexity index is 877. The highest BCUT2D eigenvalue weighted by Crippen LogP contribution is 2.41. The topological polar surface area (TPSA) is 71.5 Å². The van der Waals surface area contributed by atoms with Crippen molar-refractivity contribution < 1.29 is 27.5 Å². The first-order chi connectivity index (χ1) is 14.4. The van der Waals surface area contributed by atoms with Crippen LogP contribution in [0, 0.1) is 5.92 Å². The summed E-state index contributed by atoms with van der Waals surface area (Å²) in [7, 11) is 0. The third-order valence-corrected chi connectivity index (χ3v) is 6.16. The monoisotopic (exact) mass is 439 g/mol. The Morgan fingerprint density at radius 2 is 1.84 bits per heavy atom. The summed E-state index contributed by atoms with van der Waals surface area (Å²) in [6.07, 6.45) is -1.22. The number of carbonyl (C=O) groups is 2. The summed E-state index contributed by atoms with van der Waals surface area (Å²) < 4.78 is 45.3. The van der Waals surface area contributed by atoms with E-state index < -0.39 is 23.4 Å². The number of hydrogen-bond acceptors (Lipinski definition) is 4. The lowest BCUT2D eigenvalue weighted by Crippen LogP contribution is -2.42. The summed E-state index contributed by atoms with van der Waals surface area (Å²) >= 11 is 0. The lowest BCUT2D eigenvalue weighted by Gasteiger charge is -2.30. The SMILES string of the molecule is CC(C)(C)OC(=O)N1CC2CC1CCC2NC(=O)c1cc(C2CC2)nc(C(F)(F)F)c1. The number of hydrogen-bond donors (Lipinski definition) is 1. The molecule has 0 radical (unpaired) electrons. The summed E-state index contributed by atoms with van der Waals surface area (Å²) in [5.74, 6) is -0.461. The fourth-order valence-corrected chi connectivity index (χ4v) is 4.53. The molecular formula is C22H28F3N3O3. The van der Waals surface area contributed by atoms with E-state index in [-0.39, 0.29) is 35.6 Å². The van der Waals surface area contributed by atoms with Gasteiger partial charge in [0.1, 0.15) is 11.3 Å². The van der Waals surface area contributed by atoms with Crippen LogP contribution in [0.4, 0.5) is 18.0 Å². The number of fused-ring (bicyclic) bond motifs is 2. The molecule has 3 atom stereocenters. The van der Waals surface area contributed by atoms with Crippen LogP contribution >= 0.6 is 0 Å². The van der Waals surface area contributed by atoms with Crippen molar-refractivity contribution >= 4 is 12.0 Å². The first-order valence-corrected chi connectivity index (χ1v) is 10.8. The number of alkyl halides is 3. The van der Waals surface area contributed by atoms with Crippen LogP contribution in [0.2, 0.25) is 0 Å². The van der Waals surface area contributed by atoms with E-state index in [1.165, 1.54) is 6.07 Å². The van der Waals surface area contributed by atoms with E-state index in [1.807, 2.05) is 20.8 Å². The summed E-state index contributed by atoms with van der Waals surface area (Å²) in [5, 5.41) is 2.92. The van der Waals surface area contributed by atoms with E-state index in [2.05, 4.69) is 10.3 Å². The number of rotatable bonds is 3. The van der Waals surface area contributed by atoms with Crippen molar-refractivity contribution in [2.45, 2.75) is 82.7 Å². The predicted molar refractivity (Wildman–Crippen MR) is 107 cm³/mol. The van der Waals surface area contributed by atoms with Gasteiger partial charge >= 0.3 is 12.3 Å². The molecular weight excluding hydrogens is 411 g/mol. The second-order valence-electron chi connectivity index (χ2n) is 9.88. The number of amides is 2. The average molecular weight is 439 g/mol. The molecule has 1 N–H and O–H groups in total. The van der Waals surface area contributed by atoms with Crippen molar-refractivity contribution in [2.24, 2.45) is 5.92 Å². The number of ether oxygens (including phenoxy) is 1. The molecule has 1 aliphatic heterocycles. The summed E-state index contributed by atoms with van der Waals surface area (Å²) in [4.78, 5) is 30.8. The lowest BCUT2D eigenvalue weighted by molar-refractivity contribution is -0.141. The van der Waals surface area contributed by atoms with E-state index in [0.29, 0.717) is 18.7 Å². The van der Waals surface area contributed by atoms with Gasteiger partial charge in [0.15, 0.2) is 0 Å². The lowest BCUT2D eigenvalue weighted by atomic mass is 9.85. The summed E-state index contributed by atoms with van der Waals surface area (Å²) in [6.45, 7) is 5.92. The van der Waals surface area contributed by atoms with Gasteiger partial charge in [-0.3, -0.25) is 4.79 Å². The van der Waals surface area contributed by atoms with Crippen LogP contribution < -0.4 is 5.32 Å². The fraction of sp³-hybridized carbons (Fsp3) is 0.682. The summed E-state index contributed by atoms with van der Waals surface area (Å²) in [6, 6.07) is 2.19. The number of pyridine rings is 1. The molecule has 2 heterocycles. The molecule has 2 amide bonds. The molecule has 2 bridgehead atoms. The van der Waals surface area contributed by atoms with E-state index >= 15 is 0 Å². The van der Waals surface area contributed by atoms with Crippen LogP contribution in [0.1, 0.15) is 80.5 Å². The number of halogens is 3. The Morgan fingerprint density at radius 3 is 2.45 bits per heavy atom. The van der Waals surface area contributed by atoms with E-state index in [1.54, 1.807) is 4.90 Å². The Labute approximate surface area is 179 Å². The Morgan fingerprint density at radius 1 is 1.13 bits per heavy atom. The second-order valence-corrected chi connectivity index (χ2v) is 9.88. The average Bonchev–Trinajstić information content (AvgIpc) is 3.44. The van der Waals surface area contributed by atoms with Crippen molar-refractivity contribution in [3.63, 3.8) is 0 Å². The van der Waals surface area contributed by atoms with Gasteiger partial charge in [-0.1, -0.05) is 0 Å². The fourth-order valence-electron chi connectivity index (χ4n) is 4.53. The number of likely N-dealkylation sites (tertiary alicyclic amines) is 1. The van der Waals surface area contributed by atoms with E-state index in [4.69, 9.17) is 4.74 Å². The molecule has 1 aromatic rings. The first-order valence-electron chi connectivity index (χ1n) is 10.8. The third-order valence-electron chi connectivity index (χ3n) is 6.16. The van der Waals surface area contributed by atoms with Crippen LogP contribution in [0.25, 0.3) is 0 Å². The molecule has 4 rings (SSSR count). The Hall–Kier alpha value is -2.32. The molecule has 1 aromatic heterocycles. The van der Waals surface area contributed by atoms with Crippen LogP contribution in [0.3, 0.4) is 0 Å². The standard InChI is InChI=1S/C22H28F3N3O3/c1-21(2,3)31-20(30)28-11-14-8-15(28)6-7-16(14)27-19(29)13-9-17(12-4-5-12)26-18(10-13)22(23,24)25/h9-10,12,14-16H,4-8,11H2,1-3H3,(H,27,29). The summed E-state index contributed by atoms with van der Waals surface area (Å²) in [5.41, 5.74) is -1.28. The van der Waals surface area contributed by atoms with Gasteiger partial charge in [0.05, 0.1) is 0 Å². The molecule has 9 heteroatoms. The van der Waals surface area contributed by atoms with Gasteiger partial charge in [-0.25, -0.2) is 9.78 Å². The molecule has 2 saturated carbocycles. The number of aromatic nitrogens is 1. The zero-order valence-electron chi connectivity index (χ0n) is 18.0. The minimum Gasteiger partial charge on any atom is -0.444 e. The van der Waals surface area contributed by atoms with Gasteiger partial charge in [0.2, 0.25) is 0 Å². The molecule has 3 aliphatic rings. The minimum absolute atomic E-state index is 0.00140. The van der Waals surface area contributed by atoms with Gasteiger partial charge in [0, 0.05) is 35.8 Å². The highest BCUT2D eigenvalue weighted by molar-refractivity contribution is 5.94. The minimum atomic E-state index is -4.60. The van der Waals surface area contributed by atoms with Crippen molar-refractivity contribution in [3.05, 3.63) is 29.1 Å². The quantitative estimate of drug-likeness (QED) is 0.753. The number of nitrogens with one attached hydrogen (secondary N) is 1. The highest BCUT2D eigenvalue weighted by Gasteiger charge is 2.45. The van der Waals surface area contributed by atoms with Crippen LogP contribution in [-0.2, 0) is 10.9 Å². The molecule has 0 aromatic carbocycles. The van der Waals surface area contributed by atoms with Gasteiger partial charge in [-0.2, -0.15) is 13.2 Å². The molecule has 3 unspecified atom stereocenters. The van der Waals surface area contributed by atoms with Gasteiger partial charge in [-0.15, -0.1) is 0 Å². The van der Waals surface area contributed by atoms with Crippen molar-refractivity contribution in [1.29, 1.82) is 0 Å². The maximum Gasteiger partial charge on any atom is 0.433 e.